The molecule has 0 aromatic carbocycles. The first kappa shape index (κ1) is 12.5. The standard InChI is InChI=1S/C11H22N2O2/c1-9-10(5-8-15-9)11(14)13(3)7-4-6-12-2/h9-10,12H,4-8H2,1-3H3. The number of hydrogen-bond acceptors (Lipinski definition) is 3. The van der Waals surface area contributed by atoms with Crippen molar-refractivity contribution in [3.63, 3.8) is 0 Å². The zero-order chi connectivity index (χ0) is 11.3. The average molecular weight is 214 g/mol. The SMILES string of the molecule is CNCCCN(C)C(=O)C1CCOC1C. The van der Waals surface area contributed by atoms with Crippen LogP contribution < -0.4 is 5.32 Å². The minimum atomic E-state index is 0.0737. The molecule has 1 heterocycles. The molecule has 2 atom stereocenters. The van der Waals surface area contributed by atoms with E-state index in [0.29, 0.717) is 0 Å². The van der Waals surface area contributed by atoms with E-state index in [1.165, 1.54) is 0 Å². The molecule has 0 saturated carbocycles. The fraction of sp³-hybridized carbons (Fsp3) is 0.909. The van der Waals surface area contributed by atoms with Crippen LogP contribution in [0, 0.1) is 5.92 Å². The summed E-state index contributed by atoms with van der Waals surface area (Å²) in [6.07, 6.45) is 1.96. The summed E-state index contributed by atoms with van der Waals surface area (Å²) in [4.78, 5) is 13.8. The van der Waals surface area contributed by atoms with Crippen molar-refractivity contribution < 1.29 is 9.53 Å². The number of rotatable bonds is 5. The lowest BCUT2D eigenvalue weighted by Crippen LogP contribution is -2.37. The van der Waals surface area contributed by atoms with Gasteiger partial charge in [0.25, 0.3) is 0 Å². The maximum atomic E-state index is 12.0. The van der Waals surface area contributed by atoms with E-state index in [1.807, 2.05) is 25.9 Å². The first-order valence-electron chi connectivity index (χ1n) is 5.68. The third-order valence-electron chi connectivity index (χ3n) is 2.99. The molecule has 0 radical (unpaired) electrons. The molecule has 0 aliphatic carbocycles. The van der Waals surface area contributed by atoms with Crippen molar-refractivity contribution in [2.24, 2.45) is 5.92 Å². The van der Waals surface area contributed by atoms with Gasteiger partial charge in [-0.3, -0.25) is 4.79 Å². The van der Waals surface area contributed by atoms with Crippen LogP contribution in [0.5, 0.6) is 0 Å². The van der Waals surface area contributed by atoms with Crippen LogP contribution in [0.4, 0.5) is 0 Å². The van der Waals surface area contributed by atoms with Gasteiger partial charge < -0.3 is 15.0 Å². The quantitative estimate of drug-likeness (QED) is 0.677. The molecule has 0 spiro atoms. The lowest BCUT2D eigenvalue weighted by molar-refractivity contribution is -0.135. The molecule has 1 N–H and O–H groups in total. The number of carbonyl (C=O) groups is 1. The number of hydrogen-bond donors (Lipinski definition) is 1. The summed E-state index contributed by atoms with van der Waals surface area (Å²) in [5.74, 6) is 0.306. The van der Waals surface area contributed by atoms with Crippen LogP contribution in [-0.4, -0.2) is 50.7 Å². The molecule has 88 valence electrons. The monoisotopic (exact) mass is 214 g/mol. The van der Waals surface area contributed by atoms with E-state index in [4.69, 9.17) is 4.74 Å². The lowest BCUT2D eigenvalue weighted by Gasteiger charge is -2.22. The van der Waals surface area contributed by atoms with Gasteiger partial charge in [-0.2, -0.15) is 0 Å². The Kier molecular flexibility index (Phi) is 5.05. The van der Waals surface area contributed by atoms with Gasteiger partial charge in [0.15, 0.2) is 0 Å². The van der Waals surface area contributed by atoms with Gasteiger partial charge >= 0.3 is 0 Å². The molecule has 1 fully saturated rings. The van der Waals surface area contributed by atoms with Crippen LogP contribution in [0.3, 0.4) is 0 Å². The molecular formula is C11H22N2O2. The molecule has 1 aliphatic heterocycles. The Morgan fingerprint density at radius 3 is 2.87 bits per heavy atom. The van der Waals surface area contributed by atoms with E-state index in [9.17, 15) is 4.79 Å². The third-order valence-corrected chi connectivity index (χ3v) is 2.99. The molecule has 15 heavy (non-hydrogen) atoms. The van der Waals surface area contributed by atoms with E-state index >= 15 is 0 Å². The molecule has 4 nitrogen and oxygen atoms in total. The van der Waals surface area contributed by atoms with Crippen molar-refractivity contribution in [3.05, 3.63) is 0 Å². The van der Waals surface area contributed by atoms with Crippen LogP contribution in [0.15, 0.2) is 0 Å². The molecule has 0 aromatic rings. The van der Waals surface area contributed by atoms with E-state index in [2.05, 4.69) is 5.32 Å². The first-order chi connectivity index (χ1) is 7.16. The molecule has 2 unspecified atom stereocenters. The van der Waals surface area contributed by atoms with Crippen LogP contribution in [0.1, 0.15) is 19.8 Å². The topological polar surface area (TPSA) is 41.6 Å². The summed E-state index contributed by atoms with van der Waals surface area (Å²) >= 11 is 0. The van der Waals surface area contributed by atoms with Crippen LogP contribution in [0.25, 0.3) is 0 Å². The van der Waals surface area contributed by atoms with E-state index in [1.54, 1.807) is 0 Å². The highest BCUT2D eigenvalue weighted by Crippen LogP contribution is 2.22. The fourth-order valence-corrected chi connectivity index (χ4v) is 1.94. The number of amides is 1. The zero-order valence-corrected chi connectivity index (χ0v) is 9.95. The lowest BCUT2D eigenvalue weighted by atomic mass is 10.0. The average Bonchev–Trinajstić information content (AvgIpc) is 2.63. The maximum absolute atomic E-state index is 12.0. The van der Waals surface area contributed by atoms with E-state index in [-0.39, 0.29) is 17.9 Å². The normalized spacial score (nSPS) is 25.5. The smallest absolute Gasteiger partial charge is 0.228 e. The molecule has 0 aromatic heterocycles. The number of nitrogens with one attached hydrogen (secondary N) is 1. The Morgan fingerprint density at radius 2 is 2.33 bits per heavy atom. The Balaban J connectivity index is 2.31. The highest BCUT2D eigenvalue weighted by Gasteiger charge is 2.32. The number of ether oxygens (including phenoxy) is 1. The van der Waals surface area contributed by atoms with Gasteiger partial charge in [-0.1, -0.05) is 0 Å². The van der Waals surface area contributed by atoms with Gasteiger partial charge in [-0.25, -0.2) is 0 Å². The Bertz CT molecular complexity index is 209. The predicted molar refractivity (Wildman–Crippen MR) is 59.7 cm³/mol. The summed E-state index contributed by atoms with van der Waals surface area (Å²) in [6, 6.07) is 0. The molecule has 1 aliphatic rings. The Labute approximate surface area is 92.0 Å². The first-order valence-corrected chi connectivity index (χ1v) is 5.68. The second-order valence-electron chi connectivity index (χ2n) is 4.19. The largest absolute Gasteiger partial charge is 0.378 e. The van der Waals surface area contributed by atoms with Crippen molar-refractivity contribution in [1.82, 2.24) is 10.2 Å². The second kappa shape index (κ2) is 6.08. The predicted octanol–water partition coefficient (Wildman–Crippen LogP) is 0.479. The van der Waals surface area contributed by atoms with Gasteiger partial charge in [0, 0.05) is 20.2 Å². The van der Waals surface area contributed by atoms with Gasteiger partial charge in [0.2, 0.25) is 5.91 Å². The summed E-state index contributed by atoms with van der Waals surface area (Å²) in [6.45, 7) is 4.48. The summed E-state index contributed by atoms with van der Waals surface area (Å²) in [5, 5.41) is 3.08. The van der Waals surface area contributed by atoms with Crippen LogP contribution in [0.2, 0.25) is 0 Å². The minimum Gasteiger partial charge on any atom is -0.378 e. The van der Waals surface area contributed by atoms with Gasteiger partial charge in [-0.15, -0.1) is 0 Å². The second-order valence-corrected chi connectivity index (χ2v) is 4.19. The molecule has 0 bridgehead atoms. The van der Waals surface area contributed by atoms with Gasteiger partial charge in [0.1, 0.15) is 0 Å². The molecule has 1 amide bonds. The third kappa shape index (κ3) is 3.47. The minimum absolute atomic E-state index is 0.0737. The zero-order valence-electron chi connectivity index (χ0n) is 9.95. The van der Waals surface area contributed by atoms with E-state index < -0.39 is 0 Å². The summed E-state index contributed by atoms with van der Waals surface area (Å²) < 4.78 is 5.40. The van der Waals surface area contributed by atoms with Crippen LogP contribution in [-0.2, 0) is 9.53 Å². The Morgan fingerprint density at radius 1 is 1.60 bits per heavy atom. The molecule has 1 saturated heterocycles. The molecular weight excluding hydrogens is 192 g/mol. The number of carbonyl (C=O) groups excluding carboxylic acids is 1. The summed E-state index contributed by atoms with van der Waals surface area (Å²) in [5.41, 5.74) is 0. The van der Waals surface area contributed by atoms with Crippen molar-refractivity contribution in [2.45, 2.75) is 25.9 Å². The van der Waals surface area contributed by atoms with Gasteiger partial charge in [-0.05, 0) is 33.4 Å². The molecule has 1 rings (SSSR count). The van der Waals surface area contributed by atoms with Crippen molar-refractivity contribution in [3.8, 4) is 0 Å². The maximum Gasteiger partial charge on any atom is 0.228 e. The number of nitrogens with zero attached hydrogens (tertiary/aromatic N) is 1. The highest BCUT2D eigenvalue weighted by molar-refractivity contribution is 5.79. The highest BCUT2D eigenvalue weighted by atomic mass is 16.5. The van der Waals surface area contributed by atoms with Crippen LogP contribution >= 0.6 is 0 Å². The Hall–Kier alpha value is -0.610. The van der Waals surface area contributed by atoms with Crippen molar-refractivity contribution >= 4 is 5.91 Å². The van der Waals surface area contributed by atoms with Gasteiger partial charge in [0.05, 0.1) is 12.0 Å². The van der Waals surface area contributed by atoms with E-state index in [0.717, 1.165) is 32.5 Å². The molecule has 4 heteroatoms. The van der Waals surface area contributed by atoms with Crippen molar-refractivity contribution in [1.29, 1.82) is 0 Å². The van der Waals surface area contributed by atoms with Crippen molar-refractivity contribution in [2.75, 3.05) is 33.8 Å². The summed E-state index contributed by atoms with van der Waals surface area (Å²) in [7, 11) is 3.80. The fourth-order valence-electron chi connectivity index (χ4n) is 1.94.